The zero-order valence-electron chi connectivity index (χ0n) is 13.6. The van der Waals surface area contributed by atoms with Crippen LogP contribution in [0.4, 0.5) is 5.69 Å². The van der Waals surface area contributed by atoms with Gasteiger partial charge in [0.2, 0.25) is 5.91 Å². The summed E-state index contributed by atoms with van der Waals surface area (Å²) in [4.78, 5) is 13.6. The van der Waals surface area contributed by atoms with Crippen molar-refractivity contribution >= 4 is 22.9 Å². The summed E-state index contributed by atoms with van der Waals surface area (Å²) >= 11 is 1.75. The summed E-state index contributed by atoms with van der Waals surface area (Å²) < 4.78 is 0. The summed E-state index contributed by atoms with van der Waals surface area (Å²) in [5.74, 6) is 0.254. The molecule has 1 aliphatic rings. The van der Waals surface area contributed by atoms with Crippen molar-refractivity contribution in [2.24, 2.45) is 0 Å². The van der Waals surface area contributed by atoms with Gasteiger partial charge in [-0.3, -0.25) is 4.79 Å². The van der Waals surface area contributed by atoms with Crippen LogP contribution in [0.1, 0.15) is 35.3 Å². The van der Waals surface area contributed by atoms with Crippen LogP contribution in [-0.4, -0.2) is 5.91 Å². The quantitative estimate of drug-likeness (QED) is 0.678. The summed E-state index contributed by atoms with van der Waals surface area (Å²) in [7, 11) is 0. The van der Waals surface area contributed by atoms with Gasteiger partial charge in [0.15, 0.2) is 0 Å². The molecule has 1 aromatic heterocycles. The topological polar surface area (TPSA) is 29.1 Å². The molecular weight excluding hydrogens is 314 g/mol. The third-order valence-electron chi connectivity index (χ3n) is 4.67. The second-order valence-corrected chi connectivity index (χ2v) is 7.07. The maximum absolute atomic E-state index is 12.3. The van der Waals surface area contributed by atoms with Gasteiger partial charge < -0.3 is 5.32 Å². The van der Waals surface area contributed by atoms with Gasteiger partial charge in [-0.1, -0.05) is 61.5 Å². The van der Waals surface area contributed by atoms with E-state index in [1.54, 1.807) is 11.3 Å². The Balaban J connectivity index is 1.78. The van der Waals surface area contributed by atoms with Crippen molar-refractivity contribution in [3.05, 3.63) is 76.0 Å². The maximum atomic E-state index is 12.3. The molecule has 0 spiro atoms. The number of amides is 1. The van der Waals surface area contributed by atoms with Crippen molar-refractivity contribution in [1.82, 2.24) is 0 Å². The molecule has 1 amide bonds. The van der Waals surface area contributed by atoms with Crippen molar-refractivity contribution in [2.75, 3.05) is 5.32 Å². The van der Waals surface area contributed by atoms with Gasteiger partial charge in [0.25, 0.3) is 0 Å². The average Bonchev–Trinajstić information content (AvgIpc) is 3.05. The first-order valence-corrected chi connectivity index (χ1v) is 9.19. The van der Waals surface area contributed by atoms with Crippen LogP contribution in [0.15, 0.2) is 60.0 Å². The molecule has 4 rings (SSSR count). The van der Waals surface area contributed by atoms with E-state index in [-0.39, 0.29) is 11.8 Å². The van der Waals surface area contributed by atoms with Gasteiger partial charge >= 0.3 is 0 Å². The molecule has 3 aromatic rings. The Morgan fingerprint density at radius 3 is 2.54 bits per heavy atom. The molecule has 24 heavy (non-hydrogen) atoms. The number of nitrogens with one attached hydrogen (secondary N) is 1. The standard InChI is InChI=1S/C21H19NOS/c1-2-14-8-10-16(11-9-14)17-12-19(23)22-20-18(13-24-21(17)20)15-6-4-3-5-7-15/h3-11,13,17H,2,12H2,1H3,(H,22,23)/t17-/m0/s1. The van der Waals surface area contributed by atoms with E-state index in [9.17, 15) is 4.79 Å². The molecule has 0 unspecified atom stereocenters. The zero-order valence-corrected chi connectivity index (χ0v) is 14.4. The van der Waals surface area contributed by atoms with Crippen LogP contribution in [0.25, 0.3) is 11.1 Å². The van der Waals surface area contributed by atoms with E-state index < -0.39 is 0 Å². The van der Waals surface area contributed by atoms with Gasteiger partial charge in [0, 0.05) is 28.2 Å². The number of hydrogen-bond donors (Lipinski definition) is 1. The van der Waals surface area contributed by atoms with Crippen molar-refractivity contribution in [1.29, 1.82) is 0 Å². The van der Waals surface area contributed by atoms with Gasteiger partial charge in [0.1, 0.15) is 0 Å². The summed E-state index contributed by atoms with van der Waals surface area (Å²) in [5, 5.41) is 5.27. The molecule has 2 heterocycles. The van der Waals surface area contributed by atoms with Crippen LogP contribution in [0, 0.1) is 0 Å². The average molecular weight is 333 g/mol. The first-order chi connectivity index (χ1) is 11.8. The predicted molar refractivity (Wildman–Crippen MR) is 101 cm³/mol. The maximum Gasteiger partial charge on any atom is 0.225 e. The van der Waals surface area contributed by atoms with Crippen LogP contribution in [0.3, 0.4) is 0 Å². The molecule has 1 atom stereocenters. The van der Waals surface area contributed by atoms with E-state index >= 15 is 0 Å². The largest absolute Gasteiger partial charge is 0.325 e. The van der Waals surface area contributed by atoms with Crippen LogP contribution in [0.2, 0.25) is 0 Å². The lowest BCUT2D eigenvalue weighted by atomic mass is 9.88. The van der Waals surface area contributed by atoms with Crippen molar-refractivity contribution in [3.8, 4) is 11.1 Å². The lowest BCUT2D eigenvalue weighted by molar-refractivity contribution is -0.116. The lowest BCUT2D eigenvalue weighted by Gasteiger charge is -2.24. The molecule has 2 nitrogen and oxygen atoms in total. The highest BCUT2D eigenvalue weighted by Gasteiger charge is 2.30. The van der Waals surface area contributed by atoms with Crippen LogP contribution >= 0.6 is 11.3 Å². The number of carbonyl (C=O) groups excluding carboxylic acids is 1. The van der Waals surface area contributed by atoms with Gasteiger partial charge in [-0.15, -0.1) is 11.3 Å². The lowest BCUT2D eigenvalue weighted by Crippen LogP contribution is -2.22. The highest BCUT2D eigenvalue weighted by molar-refractivity contribution is 7.11. The van der Waals surface area contributed by atoms with E-state index in [1.807, 2.05) is 18.2 Å². The SMILES string of the molecule is CCc1ccc([C@@H]2CC(=O)Nc3c(-c4ccccc4)csc32)cc1. The molecule has 0 aliphatic carbocycles. The minimum atomic E-state index is 0.0997. The molecule has 2 aromatic carbocycles. The van der Waals surface area contributed by atoms with E-state index in [0.717, 1.165) is 23.2 Å². The van der Waals surface area contributed by atoms with Crippen molar-refractivity contribution in [3.63, 3.8) is 0 Å². The molecule has 120 valence electrons. The Bertz CT molecular complexity index is 865. The monoisotopic (exact) mass is 333 g/mol. The third-order valence-corrected chi connectivity index (χ3v) is 5.76. The Hall–Kier alpha value is -2.39. The van der Waals surface area contributed by atoms with E-state index in [0.29, 0.717) is 6.42 Å². The number of thiophene rings is 1. The first-order valence-electron chi connectivity index (χ1n) is 8.31. The van der Waals surface area contributed by atoms with E-state index in [1.165, 1.54) is 16.0 Å². The van der Waals surface area contributed by atoms with Gasteiger partial charge in [-0.05, 0) is 23.1 Å². The van der Waals surface area contributed by atoms with Gasteiger partial charge in [0.05, 0.1) is 5.69 Å². The van der Waals surface area contributed by atoms with E-state index in [4.69, 9.17) is 0 Å². The Labute approximate surface area is 146 Å². The fourth-order valence-corrected chi connectivity index (χ4v) is 4.47. The molecule has 3 heteroatoms. The fourth-order valence-electron chi connectivity index (χ4n) is 3.31. The number of aryl methyl sites for hydroxylation is 1. The number of carbonyl (C=O) groups is 1. The minimum absolute atomic E-state index is 0.0997. The molecule has 1 N–H and O–H groups in total. The number of anilines is 1. The molecule has 0 radical (unpaired) electrons. The highest BCUT2D eigenvalue weighted by atomic mass is 32.1. The zero-order chi connectivity index (χ0) is 16.5. The molecule has 0 bridgehead atoms. The number of benzene rings is 2. The second kappa shape index (κ2) is 6.25. The fraction of sp³-hybridized carbons (Fsp3) is 0.190. The van der Waals surface area contributed by atoms with Crippen LogP contribution < -0.4 is 5.32 Å². The molecular formula is C21H19NOS. The number of rotatable bonds is 3. The molecule has 0 saturated carbocycles. The Kier molecular flexibility index (Phi) is 3.95. The van der Waals surface area contributed by atoms with Crippen molar-refractivity contribution < 1.29 is 4.79 Å². The highest BCUT2D eigenvalue weighted by Crippen LogP contribution is 2.46. The second-order valence-electron chi connectivity index (χ2n) is 6.15. The van der Waals surface area contributed by atoms with Gasteiger partial charge in [-0.2, -0.15) is 0 Å². The van der Waals surface area contributed by atoms with Gasteiger partial charge in [-0.25, -0.2) is 0 Å². The van der Waals surface area contributed by atoms with Crippen LogP contribution in [0.5, 0.6) is 0 Å². The summed E-state index contributed by atoms with van der Waals surface area (Å²) in [6.45, 7) is 2.16. The summed E-state index contributed by atoms with van der Waals surface area (Å²) in [6.07, 6.45) is 1.56. The normalized spacial score (nSPS) is 16.5. The minimum Gasteiger partial charge on any atom is -0.325 e. The predicted octanol–water partition coefficient (Wildman–Crippen LogP) is 5.45. The van der Waals surface area contributed by atoms with Crippen LogP contribution in [-0.2, 0) is 11.2 Å². The Morgan fingerprint density at radius 1 is 1.08 bits per heavy atom. The van der Waals surface area contributed by atoms with Crippen molar-refractivity contribution in [2.45, 2.75) is 25.7 Å². The number of fused-ring (bicyclic) bond motifs is 1. The summed E-state index contributed by atoms with van der Waals surface area (Å²) in [5.41, 5.74) is 5.82. The molecule has 0 fully saturated rings. The molecule has 0 saturated heterocycles. The third kappa shape index (κ3) is 2.65. The molecule has 1 aliphatic heterocycles. The smallest absolute Gasteiger partial charge is 0.225 e. The number of hydrogen-bond acceptors (Lipinski definition) is 2. The van der Waals surface area contributed by atoms with E-state index in [2.05, 4.69) is 54.0 Å². The summed E-state index contributed by atoms with van der Waals surface area (Å²) in [6, 6.07) is 19.0. The first kappa shape index (κ1) is 15.2. The Morgan fingerprint density at radius 2 is 1.83 bits per heavy atom.